The Kier molecular flexibility index (Phi) is 9.59. The number of rotatable bonds is 9. The fourth-order valence-electron chi connectivity index (χ4n) is 9.24. The highest BCUT2D eigenvalue weighted by Crippen LogP contribution is 2.49. The van der Waals surface area contributed by atoms with E-state index in [1.807, 2.05) is 22.7 Å². The van der Waals surface area contributed by atoms with Crippen LogP contribution >= 0.6 is 22.7 Å². The van der Waals surface area contributed by atoms with E-state index >= 15 is 0 Å². The minimum Gasteiger partial charge on any atom is -0.309 e. The molecule has 0 amide bonds. The third-order valence-electron chi connectivity index (χ3n) is 12.3. The molecule has 10 aromatic carbocycles. The predicted octanol–water partition coefficient (Wildman–Crippen LogP) is 18.4. The molecule has 0 radical (unpaired) electrons. The van der Waals surface area contributed by atoms with Crippen molar-refractivity contribution < 1.29 is 0 Å². The van der Waals surface area contributed by atoms with Crippen molar-refractivity contribution in [1.29, 1.82) is 0 Å². The van der Waals surface area contributed by atoms with Crippen molar-refractivity contribution in [2.75, 3.05) is 9.80 Å². The van der Waals surface area contributed by atoms with Crippen LogP contribution in [0.15, 0.2) is 243 Å². The number of hydrogen-bond acceptors (Lipinski definition) is 4. The lowest BCUT2D eigenvalue weighted by molar-refractivity contribution is 1.29. The summed E-state index contributed by atoms with van der Waals surface area (Å²) in [5.41, 5.74) is 13.8. The molecule has 2 nitrogen and oxygen atoms in total. The van der Waals surface area contributed by atoms with Gasteiger partial charge in [-0.3, -0.25) is 0 Å². The maximum Gasteiger partial charge on any atom is 0.0640 e. The van der Waals surface area contributed by atoms with E-state index in [4.69, 9.17) is 0 Å². The van der Waals surface area contributed by atoms with Gasteiger partial charge in [0.2, 0.25) is 0 Å². The van der Waals surface area contributed by atoms with E-state index in [0.29, 0.717) is 0 Å². The lowest BCUT2D eigenvalue weighted by Crippen LogP contribution is -2.12. The molecule has 0 bridgehead atoms. The van der Waals surface area contributed by atoms with Gasteiger partial charge in [0.05, 0.1) is 26.5 Å². The standard InChI is InChI=1S/C60H40N2S2/c1-3-16-41(17-4-1)43-32-36-46(37-33-43)61(55-28-14-25-52-50-23-8-11-30-57(50)63-59(52)55)48-21-13-20-45(40-48)49-22-7-10-27-54(49)62(47-38-34-44(35-39-47)42-18-5-2-6-19-42)56-29-15-26-53-51-24-9-12-31-58(51)64-60(53)56/h1-40H. The van der Waals surface area contributed by atoms with Gasteiger partial charge in [0.25, 0.3) is 0 Å². The number of benzene rings is 10. The number of hydrogen-bond donors (Lipinski definition) is 0. The maximum atomic E-state index is 2.46. The fraction of sp³-hybridized carbons (Fsp3) is 0. The van der Waals surface area contributed by atoms with Crippen LogP contribution in [0.1, 0.15) is 0 Å². The van der Waals surface area contributed by atoms with E-state index in [-0.39, 0.29) is 0 Å². The second kappa shape index (κ2) is 16.2. The van der Waals surface area contributed by atoms with Crippen LogP contribution in [-0.2, 0) is 0 Å². The maximum absolute atomic E-state index is 2.46. The van der Waals surface area contributed by atoms with Gasteiger partial charge in [0, 0.05) is 53.6 Å². The minimum absolute atomic E-state index is 1.09. The summed E-state index contributed by atoms with van der Waals surface area (Å²) >= 11 is 3.73. The summed E-state index contributed by atoms with van der Waals surface area (Å²) in [6.45, 7) is 0. The molecule has 0 aliphatic carbocycles. The van der Waals surface area contributed by atoms with Crippen molar-refractivity contribution in [3.05, 3.63) is 243 Å². The average molecular weight is 853 g/mol. The number of para-hydroxylation sites is 1. The van der Waals surface area contributed by atoms with Crippen LogP contribution in [0.4, 0.5) is 34.1 Å². The Morgan fingerprint density at radius 2 is 0.656 bits per heavy atom. The van der Waals surface area contributed by atoms with Gasteiger partial charge in [0.1, 0.15) is 0 Å². The molecule has 0 aliphatic heterocycles. The highest BCUT2D eigenvalue weighted by atomic mass is 32.1. The Bertz CT molecular complexity index is 3610. The van der Waals surface area contributed by atoms with Crippen LogP contribution in [0.3, 0.4) is 0 Å². The molecule has 302 valence electrons. The van der Waals surface area contributed by atoms with Gasteiger partial charge >= 0.3 is 0 Å². The third-order valence-corrected chi connectivity index (χ3v) is 14.7. The lowest BCUT2D eigenvalue weighted by atomic mass is 9.99. The Balaban J connectivity index is 1.04. The molecular weight excluding hydrogens is 813 g/mol. The molecule has 64 heavy (non-hydrogen) atoms. The van der Waals surface area contributed by atoms with Crippen molar-refractivity contribution in [3.8, 4) is 33.4 Å². The van der Waals surface area contributed by atoms with Crippen molar-refractivity contribution in [3.63, 3.8) is 0 Å². The van der Waals surface area contributed by atoms with Crippen molar-refractivity contribution in [2.45, 2.75) is 0 Å². The third kappa shape index (κ3) is 6.72. The largest absolute Gasteiger partial charge is 0.309 e. The molecule has 0 unspecified atom stereocenters. The molecule has 0 fully saturated rings. The normalized spacial score (nSPS) is 11.4. The SMILES string of the molecule is c1ccc(-c2ccc(N(c3cccc(-c4ccccc4N(c4ccc(-c5ccccc5)cc4)c4cccc5c4sc4ccccc45)c3)c3cccc4c3sc3ccccc34)cc2)cc1. The Hall–Kier alpha value is -7.76. The molecule has 0 N–H and O–H groups in total. The van der Waals surface area contributed by atoms with E-state index in [1.165, 1.54) is 62.6 Å². The predicted molar refractivity (Wildman–Crippen MR) is 278 cm³/mol. The topological polar surface area (TPSA) is 6.48 Å². The Labute approximate surface area is 380 Å². The van der Waals surface area contributed by atoms with Crippen molar-refractivity contribution >= 4 is 97.1 Å². The first-order valence-electron chi connectivity index (χ1n) is 21.7. The first-order valence-corrected chi connectivity index (χ1v) is 23.3. The van der Waals surface area contributed by atoms with Gasteiger partial charge in [-0.25, -0.2) is 0 Å². The summed E-state index contributed by atoms with van der Waals surface area (Å²) in [6.07, 6.45) is 0. The molecule has 0 atom stereocenters. The molecule has 2 aromatic heterocycles. The summed E-state index contributed by atoms with van der Waals surface area (Å²) in [6, 6.07) is 88.3. The average Bonchev–Trinajstić information content (AvgIpc) is 3.95. The van der Waals surface area contributed by atoms with Gasteiger partial charge in [-0.15, -0.1) is 22.7 Å². The van der Waals surface area contributed by atoms with Gasteiger partial charge in [0.15, 0.2) is 0 Å². The number of nitrogens with zero attached hydrogens (tertiary/aromatic N) is 2. The molecule has 12 rings (SSSR count). The number of fused-ring (bicyclic) bond motifs is 6. The quantitative estimate of drug-likeness (QED) is 0.143. The number of thiophene rings is 2. The summed E-state index contributed by atoms with van der Waals surface area (Å²) < 4.78 is 5.11. The highest BCUT2D eigenvalue weighted by Gasteiger charge is 2.23. The zero-order valence-corrected chi connectivity index (χ0v) is 36.4. The molecule has 0 saturated carbocycles. The summed E-state index contributed by atoms with van der Waals surface area (Å²) in [5, 5.41) is 5.12. The van der Waals surface area contributed by atoms with Crippen LogP contribution in [0.5, 0.6) is 0 Å². The van der Waals surface area contributed by atoms with Crippen LogP contribution < -0.4 is 9.80 Å². The first kappa shape index (κ1) is 38.0. The van der Waals surface area contributed by atoms with Crippen molar-refractivity contribution in [1.82, 2.24) is 0 Å². The molecular formula is C60H40N2S2. The van der Waals surface area contributed by atoms with E-state index < -0.39 is 0 Å². The molecule has 0 aliphatic rings. The van der Waals surface area contributed by atoms with Gasteiger partial charge < -0.3 is 9.80 Å². The van der Waals surface area contributed by atoms with E-state index in [0.717, 1.165) is 45.3 Å². The van der Waals surface area contributed by atoms with Gasteiger partial charge in [-0.1, -0.05) is 176 Å². The smallest absolute Gasteiger partial charge is 0.0640 e. The fourth-order valence-corrected chi connectivity index (χ4v) is 11.7. The van der Waals surface area contributed by atoms with Crippen molar-refractivity contribution in [2.24, 2.45) is 0 Å². The lowest BCUT2D eigenvalue weighted by Gasteiger charge is -2.29. The minimum atomic E-state index is 1.09. The monoisotopic (exact) mass is 852 g/mol. The Morgan fingerprint density at radius 1 is 0.250 bits per heavy atom. The molecule has 12 aromatic rings. The molecule has 4 heteroatoms. The van der Waals surface area contributed by atoms with Crippen LogP contribution in [0, 0.1) is 0 Å². The van der Waals surface area contributed by atoms with Crippen LogP contribution in [-0.4, -0.2) is 0 Å². The Morgan fingerprint density at radius 3 is 1.23 bits per heavy atom. The zero-order valence-electron chi connectivity index (χ0n) is 34.8. The van der Waals surface area contributed by atoms with E-state index in [9.17, 15) is 0 Å². The molecule has 0 saturated heterocycles. The van der Waals surface area contributed by atoms with Crippen LogP contribution in [0.25, 0.3) is 73.7 Å². The second-order valence-electron chi connectivity index (χ2n) is 16.1. The molecule has 2 heterocycles. The second-order valence-corrected chi connectivity index (χ2v) is 18.2. The summed E-state index contributed by atoms with van der Waals surface area (Å²) in [5.74, 6) is 0. The zero-order chi connectivity index (χ0) is 42.4. The summed E-state index contributed by atoms with van der Waals surface area (Å²) in [7, 11) is 0. The molecule has 0 spiro atoms. The number of anilines is 6. The van der Waals surface area contributed by atoms with Gasteiger partial charge in [-0.05, 0) is 94.5 Å². The highest BCUT2D eigenvalue weighted by molar-refractivity contribution is 7.26. The van der Waals surface area contributed by atoms with E-state index in [1.54, 1.807) is 0 Å². The van der Waals surface area contributed by atoms with Gasteiger partial charge in [-0.2, -0.15) is 0 Å². The summed E-state index contributed by atoms with van der Waals surface area (Å²) in [4.78, 5) is 4.91. The van der Waals surface area contributed by atoms with Crippen LogP contribution in [0.2, 0.25) is 0 Å². The van der Waals surface area contributed by atoms with E-state index in [2.05, 4.69) is 252 Å². The first-order chi connectivity index (χ1) is 31.7.